The van der Waals surface area contributed by atoms with Crippen LogP contribution in [0.15, 0.2) is 23.2 Å². The van der Waals surface area contributed by atoms with Crippen molar-refractivity contribution >= 4 is 29.9 Å². The third kappa shape index (κ3) is 7.29. The van der Waals surface area contributed by atoms with Crippen LogP contribution in [0.5, 0.6) is 11.5 Å². The van der Waals surface area contributed by atoms with Crippen molar-refractivity contribution in [1.29, 1.82) is 0 Å². The number of hydrogen-bond acceptors (Lipinski definition) is 5. The van der Waals surface area contributed by atoms with Crippen molar-refractivity contribution in [3.05, 3.63) is 35.4 Å². The van der Waals surface area contributed by atoms with Gasteiger partial charge in [-0.25, -0.2) is 4.99 Å². The largest absolute Gasteiger partial charge is 0.490 e. The number of guanidine groups is 1. The number of aryl methyl sites for hydroxylation is 1. The maximum absolute atomic E-state index is 12.8. The highest BCUT2D eigenvalue weighted by Crippen LogP contribution is 2.33. The summed E-state index contributed by atoms with van der Waals surface area (Å²) in [6, 6.07) is 4.99. The molecule has 0 spiro atoms. The predicted octanol–water partition coefficient (Wildman–Crippen LogP) is 3.00. The van der Waals surface area contributed by atoms with Crippen molar-refractivity contribution < 1.29 is 18.3 Å². The Kier molecular flexibility index (Phi) is 10.6. The van der Waals surface area contributed by atoms with Crippen molar-refractivity contribution in [2.45, 2.75) is 40.5 Å². The lowest BCUT2D eigenvalue weighted by molar-refractivity contribution is -0.0520. The van der Waals surface area contributed by atoms with Gasteiger partial charge in [0.1, 0.15) is 5.82 Å². The van der Waals surface area contributed by atoms with Crippen LogP contribution in [0.25, 0.3) is 0 Å². The standard InChI is InChI=1S/C18H26F2N6O2.HI/c1-5-21-18(23-11-15-25-24-12(3)26(15)4)22-10-13-8-7-9-14(27-6-2)16(13)28-17(19)20;/h7-9,17H,5-6,10-11H2,1-4H3,(H2,21,22,23);1H. The molecule has 1 heterocycles. The molecule has 0 fully saturated rings. The first-order valence-corrected chi connectivity index (χ1v) is 9.02. The summed E-state index contributed by atoms with van der Waals surface area (Å²) >= 11 is 0. The Balaban J connectivity index is 0.00000420. The molecule has 29 heavy (non-hydrogen) atoms. The van der Waals surface area contributed by atoms with Crippen molar-refractivity contribution in [2.24, 2.45) is 12.0 Å². The molecule has 2 N–H and O–H groups in total. The number of hydrogen-bond donors (Lipinski definition) is 2. The summed E-state index contributed by atoms with van der Waals surface area (Å²) in [5, 5.41) is 14.4. The Morgan fingerprint density at radius 1 is 1.24 bits per heavy atom. The smallest absolute Gasteiger partial charge is 0.387 e. The van der Waals surface area contributed by atoms with Gasteiger partial charge in [-0.2, -0.15) is 8.78 Å². The van der Waals surface area contributed by atoms with E-state index in [9.17, 15) is 8.78 Å². The van der Waals surface area contributed by atoms with Gasteiger partial charge in [-0.3, -0.25) is 0 Å². The van der Waals surface area contributed by atoms with E-state index in [0.717, 1.165) is 11.6 Å². The lowest BCUT2D eigenvalue weighted by atomic mass is 10.2. The minimum absolute atomic E-state index is 0. The molecule has 8 nitrogen and oxygen atoms in total. The summed E-state index contributed by atoms with van der Waals surface area (Å²) in [6.45, 7) is 4.17. The number of nitrogens with one attached hydrogen (secondary N) is 2. The molecule has 0 saturated carbocycles. The average molecular weight is 524 g/mol. The van der Waals surface area contributed by atoms with E-state index >= 15 is 0 Å². The van der Waals surface area contributed by atoms with Gasteiger partial charge in [0.25, 0.3) is 0 Å². The van der Waals surface area contributed by atoms with E-state index in [-0.39, 0.29) is 42.0 Å². The molecule has 0 atom stereocenters. The Labute approximate surface area is 186 Å². The molecule has 0 unspecified atom stereocenters. The summed E-state index contributed by atoms with van der Waals surface area (Å²) in [5.41, 5.74) is 0.498. The fourth-order valence-corrected chi connectivity index (χ4v) is 2.45. The first kappa shape index (κ1) is 24.9. The zero-order chi connectivity index (χ0) is 20.5. The van der Waals surface area contributed by atoms with Gasteiger partial charge in [0, 0.05) is 19.2 Å². The molecule has 11 heteroatoms. The third-order valence-corrected chi connectivity index (χ3v) is 3.92. The summed E-state index contributed by atoms with van der Waals surface area (Å²) in [4.78, 5) is 4.46. The minimum atomic E-state index is -2.95. The number of alkyl halides is 2. The number of aromatic nitrogens is 3. The van der Waals surface area contributed by atoms with E-state index in [0.29, 0.717) is 31.2 Å². The number of benzene rings is 1. The van der Waals surface area contributed by atoms with Crippen molar-refractivity contribution in [3.63, 3.8) is 0 Å². The number of para-hydroxylation sites is 1. The van der Waals surface area contributed by atoms with E-state index in [1.54, 1.807) is 25.1 Å². The monoisotopic (exact) mass is 524 g/mol. The number of nitrogens with zero attached hydrogens (tertiary/aromatic N) is 4. The highest BCUT2D eigenvalue weighted by molar-refractivity contribution is 14.0. The van der Waals surface area contributed by atoms with Crippen LogP contribution in [0, 0.1) is 6.92 Å². The number of halogens is 3. The predicted molar refractivity (Wildman–Crippen MR) is 117 cm³/mol. The lowest BCUT2D eigenvalue weighted by Crippen LogP contribution is -2.37. The molecule has 2 rings (SSSR count). The second-order valence-corrected chi connectivity index (χ2v) is 5.83. The van der Waals surface area contributed by atoms with Gasteiger partial charge in [0.15, 0.2) is 23.3 Å². The van der Waals surface area contributed by atoms with Crippen LogP contribution in [-0.4, -0.2) is 40.5 Å². The average Bonchev–Trinajstić information content (AvgIpc) is 2.98. The summed E-state index contributed by atoms with van der Waals surface area (Å²) in [5.74, 6) is 2.35. The molecule has 1 aromatic heterocycles. The van der Waals surface area contributed by atoms with E-state index in [2.05, 4.69) is 30.6 Å². The van der Waals surface area contributed by atoms with Gasteiger partial charge in [-0.05, 0) is 26.8 Å². The molecule has 0 aliphatic rings. The fraction of sp³-hybridized carbons (Fsp3) is 0.500. The van der Waals surface area contributed by atoms with Gasteiger partial charge in [-0.1, -0.05) is 12.1 Å². The van der Waals surface area contributed by atoms with E-state index in [1.807, 2.05) is 25.5 Å². The van der Waals surface area contributed by atoms with Crippen LogP contribution in [0.4, 0.5) is 8.78 Å². The second kappa shape index (κ2) is 12.4. The molecule has 2 aromatic rings. The van der Waals surface area contributed by atoms with Crippen LogP contribution in [0.1, 0.15) is 31.1 Å². The van der Waals surface area contributed by atoms with Gasteiger partial charge in [0.05, 0.1) is 19.7 Å². The Hall–Kier alpha value is -2.18. The first-order valence-electron chi connectivity index (χ1n) is 9.02. The number of ether oxygens (including phenoxy) is 2. The first-order chi connectivity index (χ1) is 13.5. The zero-order valence-electron chi connectivity index (χ0n) is 16.9. The Morgan fingerprint density at radius 2 is 2.00 bits per heavy atom. The Morgan fingerprint density at radius 3 is 2.59 bits per heavy atom. The minimum Gasteiger partial charge on any atom is -0.490 e. The van der Waals surface area contributed by atoms with Gasteiger partial charge < -0.3 is 24.7 Å². The molecule has 162 valence electrons. The molecule has 0 radical (unpaired) electrons. The molecule has 0 saturated heterocycles. The lowest BCUT2D eigenvalue weighted by Gasteiger charge is -2.15. The van der Waals surface area contributed by atoms with E-state index in [1.165, 1.54) is 0 Å². The number of rotatable bonds is 9. The molecular weight excluding hydrogens is 497 g/mol. The van der Waals surface area contributed by atoms with Crippen LogP contribution in [0.2, 0.25) is 0 Å². The van der Waals surface area contributed by atoms with Gasteiger partial charge in [0.2, 0.25) is 0 Å². The van der Waals surface area contributed by atoms with E-state index < -0.39 is 6.61 Å². The highest BCUT2D eigenvalue weighted by Gasteiger charge is 2.16. The molecule has 0 aliphatic heterocycles. The molecule has 0 amide bonds. The second-order valence-electron chi connectivity index (χ2n) is 5.83. The SMILES string of the molecule is CCNC(=NCc1cccc(OCC)c1OC(F)F)NCc1nnc(C)n1C.I. The van der Waals surface area contributed by atoms with E-state index in [4.69, 9.17) is 4.74 Å². The quantitative estimate of drug-likeness (QED) is 0.298. The molecule has 1 aromatic carbocycles. The molecular formula is C18H27F2IN6O2. The fourth-order valence-electron chi connectivity index (χ4n) is 2.45. The van der Waals surface area contributed by atoms with Crippen molar-refractivity contribution in [2.75, 3.05) is 13.2 Å². The van der Waals surface area contributed by atoms with Gasteiger partial charge >= 0.3 is 6.61 Å². The van der Waals surface area contributed by atoms with Crippen LogP contribution in [0.3, 0.4) is 0 Å². The van der Waals surface area contributed by atoms with Crippen LogP contribution < -0.4 is 20.1 Å². The topological polar surface area (TPSA) is 85.6 Å². The molecule has 0 bridgehead atoms. The van der Waals surface area contributed by atoms with Gasteiger partial charge in [-0.15, -0.1) is 34.2 Å². The third-order valence-electron chi connectivity index (χ3n) is 3.92. The highest BCUT2D eigenvalue weighted by atomic mass is 127. The van der Waals surface area contributed by atoms with Crippen LogP contribution >= 0.6 is 24.0 Å². The summed E-state index contributed by atoms with van der Waals surface area (Å²) in [6.07, 6.45) is 0. The Bertz CT molecular complexity index is 801. The zero-order valence-corrected chi connectivity index (χ0v) is 19.2. The van der Waals surface area contributed by atoms with Crippen molar-refractivity contribution in [3.8, 4) is 11.5 Å². The normalized spacial score (nSPS) is 11.2. The summed E-state index contributed by atoms with van der Waals surface area (Å²) < 4.78 is 37.6. The molecule has 0 aliphatic carbocycles. The maximum atomic E-state index is 12.8. The number of aliphatic imine (C=N–C) groups is 1. The van der Waals surface area contributed by atoms with Crippen molar-refractivity contribution in [1.82, 2.24) is 25.4 Å². The maximum Gasteiger partial charge on any atom is 0.387 e. The van der Waals surface area contributed by atoms with Crippen LogP contribution in [-0.2, 0) is 20.1 Å². The summed E-state index contributed by atoms with van der Waals surface area (Å²) in [7, 11) is 1.88.